The minimum Gasteiger partial charge on any atom is -0.384 e. The van der Waals surface area contributed by atoms with E-state index in [0.29, 0.717) is 5.56 Å². The van der Waals surface area contributed by atoms with Crippen molar-refractivity contribution in [3.8, 4) is 0 Å². The molecule has 2 amide bonds. The second kappa shape index (κ2) is 8.97. The third kappa shape index (κ3) is 4.39. The number of hydrogen-bond acceptors (Lipinski definition) is 7. The molecule has 1 unspecified atom stereocenters. The Morgan fingerprint density at radius 3 is 2.70 bits per heavy atom. The fraction of sp³-hybridized carbons (Fsp3) is 0.250. The summed E-state index contributed by atoms with van der Waals surface area (Å²) in [6.45, 7) is 1.78. The highest BCUT2D eigenvalue weighted by Gasteiger charge is 2.37. The van der Waals surface area contributed by atoms with Crippen LogP contribution in [0.1, 0.15) is 16.5 Å². The smallest absolute Gasteiger partial charge is 0.258 e. The largest absolute Gasteiger partial charge is 0.384 e. The molecule has 2 aromatic rings. The van der Waals surface area contributed by atoms with Crippen molar-refractivity contribution >= 4 is 41.0 Å². The maximum atomic E-state index is 15.1. The fourth-order valence-electron chi connectivity index (χ4n) is 2.89. The monoisotopic (exact) mass is 447 g/mol. The number of aromatic nitrogens is 1. The van der Waals surface area contributed by atoms with Crippen molar-refractivity contribution in [2.75, 3.05) is 24.7 Å². The SMILES string of the molecule is Cc1cc(F)c(N2C(N)=C(C(N)=O)SC2c2cccnc2)cc1SCC(=O)N(C)C. The zero-order chi connectivity index (χ0) is 22.0. The van der Waals surface area contributed by atoms with E-state index in [2.05, 4.69) is 4.98 Å². The first kappa shape index (κ1) is 22.0. The average molecular weight is 448 g/mol. The molecular formula is C20H22FN5O2S2. The van der Waals surface area contributed by atoms with Crippen molar-refractivity contribution in [1.82, 2.24) is 9.88 Å². The van der Waals surface area contributed by atoms with E-state index in [1.165, 1.54) is 22.7 Å². The van der Waals surface area contributed by atoms with E-state index >= 15 is 4.39 Å². The first-order valence-electron chi connectivity index (χ1n) is 8.99. The first-order valence-corrected chi connectivity index (χ1v) is 10.9. The third-order valence-corrected chi connectivity index (χ3v) is 7.00. The Bertz CT molecular complexity index is 1010. The predicted molar refractivity (Wildman–Crippen MR) is 118 cm³/mol. The number of rotatable bonds is 6. The lowest BCUT2D eigenvalue weighted by Crippen LogP contribution is -2.28. The third-order valence-electron chi connectivity index (χ3n) is 4.50. The Morgan fingerprint density at radius 1 is 1.37 bits per heavy atom. The number of aryl methyl sites for hydroxylation is 1. The number of thioether (sulfide) groups is 2. The molecule has 1 aromatic carbocycles. The van der Waals surface area contributed by atoms with Gasteiger partial charge in [0, 0.05) is 36.9 Å². The van der Waals surface area contributed by atoms with E-state index < -0.39 is 17.1 Å². The summed E-state index contributed by atoms with van der Waals surface area (Å²) in [6, 6.07) is 6.63. The average Bonchev–Trinajstić information content (AvgIpc) is 3.05. The lowest BCUT2D eigenvalue weighted by Gasteiger charge is -2.28. The van der Waals surface area contributed by atoms with Crippen molar-refractivity contribution < 1.29 is 14.0 Å². The Labute approximate surface area is 182 Å². The molecule has 1 aliphatic heterocycles. The molecule has 0 radical (unpaired) electrons. The zero-order valence-corrected chi connectivity index (χ0v) is 18.4. The van der Waals surface area contributed by atoms with Crippen molar-refractivity contribution in [3.05, 3.63) is 64.3 Å². The van der Waals surface area contributed by atoms with Crippen LogP contribution in [0.3, 0.4) is 0 Å². The van der Waals surface area contributed by atoms with Gasteiger partial charge in [-0.3, -0.25) is 14.6 Å². The van der Waals surface area contributed by atoms with Gasteiger partial charge in [0.2, 0.25) is 5.91 Å². The molecule has 0 spiro atoms. The van der Waals surface area contributed by atoms with Gasteiger partial charge in [-0.2, -0.15) is 0 Å². The maximum Gasteiger partial charge on any atom is 0.258 e. The molecule has 0 saturated heterocycles. The Hall–Kier alpha value is -2.72. The molecule has 1 atom stereocenters. The van der Waals surface area contributed by atoms with E-state index in [0.717, 1.165) is 22.2 Å². The number of amides is 2. The van der Waals surface area contributed by atoms with Gasteiger partial charge >= 0.3 is 0 Å². The predicted octanol–water partition coefficient (Wildman–Crippen LogP) is 2.57. The summed E-state index contributed by atoms with van der Waals surface area (Å²) in [6.07, 6.45) is 3.27. The lowest BCUT2D eigenvalue weighted by atomic mass is 10.1. The number of carbonyl (C=O) groups excluding carboxylic acids is 2. The lowest BCUT2D eigenvalue weighted by molar-refractivity contribution is -0.125. The molecule has 2 heterocycles. The van der Waals surface area contributed by atoms with Crippen LogP contribution in [0.25, 0.3) is 0 Å². The minimum absolute atomic E-state index is 0.0503. The molecule has 7 nitrogen and oxygen atoms in total. The van der Waals surface area contributed by atoms with Crippen LogP contribution in [-0.2, 0) is 9.59 Å². The van der Waals surface area contributed by atoms with Crippen LogP contribution in [0.2, 0.25) is 0 Å². The number of halogens is 1. The summed E-state index contributed by atoms with van der Waals surface area (Å²) < 4.78 is 15.1. The maximum absolute atomic E-state index is 15.1. The molecule has 30 heavy (non-hydrogen) atoms. The highest BCUT2D eigenvalue weighted by molar-refractivity contribution is 8.04. The van der Waals surface area contributed by atoms with Crippen molar-refractivity contribution in [3.63, 3.8) is 0 Å². The standard InChI is InChI=1S/C20H22FN5O2S2/c1-11-7-13(21)14(8-15(11)29-10-16(27)25(2)3)26-18(22)17(19(23)28)30-20(26)12-5-4-6-24-9-12/h4-9,20H,10,22H2,1-3H3,(H2,23,28). The summed E-state index contributed by atoms with van der Waals surface area (Å²) in [5.41, 5.74) is 13.4. The normalized spacial score (nSPS) is 16.1. The number of carbonyl (C=O) groups is 2. The highest BCUT2D eigenvalue weighted by atomic mass is 32.2. The van der Waals surface area contributed by atoms with Gasteiger partial charge in [-0.15, -0.1) is 11.8 Å². The van der Waals surface area contributed by atoms with E-state index in [9.17, 15) is 9.59 Å². The van der Waals surface area contributed by atoms with Crippen molar-refractivity contribution in [2.24, 2.45) is 11.5 Å². The van der Waals surface area contributed by atoms with E-state index in [4.69, 9.17) is 11.5 Å². The van der Waals surface area contributed by atoms with Gasteiger partial charge in [0.15, 0.2) is 0 Å². The summed E-state index contributed by atoms with van der Waals surface area (Å²) >= 11 is 2.47. The summed E-state index contributed by atoms with van der Waals surface area (Å²) in [5, 5.41) is -0.500. The molecule has 3 rings (SSSR count). The molecule has 0 fully saturated rings. The highest BCUT2D eigenvalue weighted by Crippen LogP contribution is 2.49. The van der Waals surface area contributed by atoms with Crippen LogP contribution >= 0.6 is 23.5 Å². The van der Waals surface area contributed by atoms with Gasteiger partial charge < -0.3 is 21.3 Å². The summed E-state index contributed by atoms with van der Waals surface area (Å²) in [7, 11) is 3.37. The van der Waals surface area contributed by atoms with Gasteiger partial charge in [-0.05, 0) is 30.7 Å². The van der Waals surface area contributed by atoms with Crippen LogP contribution in [-0.4, -0.2) is 41.5 Å². The number of pyridine rings is 1. The van der Waals surface area contributed by atoms with E-state index in [1.54, 1.807) is 50.4 Å². The second-order valence-corrected chi connectivity index (χ2v) is 8.96. The Kier molecular flexibility index (Phi) is 6.57. The van der Waals surface area contributed by atoms with Crippen LogP contribution in [0.4, 0.5) is 10.1 Å². The summed E-state index contributed by atoms with van der Waals surface area (Å²) in [4.78, 5) is 32.0. The number of nitrogens with zero attached hydrogens (tertiary/aromatic N) is 3. The minimum atomic E-state index is -0.674. The van der Waals surface area contributed by atoms with Gasteiger partial charge in [-0.1, -0.05) is 17.8 Å². The Morgan fingerprint density at radius 2 is 2.10 bits per heavy atom. The van der Waals surface area contributed by atoms with E-state index in [-0.39, 0.29) is 28.1 Å². The summed E-state index contributed by atoms with van der Waals surface area (Å²) in [5.74, 6) is -0.904. The molecule has 1 aliphatic rings. The van der Waals surface area contributed by atoms with Crippen LogP contribution in [0.5, 0.6) is 0 Å². The topological polar surface area (TPSA) is 106 Å². The zero-order valence-electron chi connectivity index (χ0n) is 16.8. The van der Waals surface area contributed by atoms with Crippen LogP contribution in [0.15, 0.2) is 52.3 Å². The number of hydrogen-bond donors (Lipinski definition) is 2. The van der Waals surface area contributed by atoms with Crippen molar-refractivity contribution in [1.29, 1.82) is 0 Å². The molecule has 4 N–H and O–H groups in total. The van der Waals surface area contributed by atoms with Gasteiger partial charge in [0.25, 0.3) is 5.91 Å². The number of nitrogens with two attached hydrogens (primary N) is 2. The second-order valence-electron chi connectivity index (χ2n) is 6.85. The Balaban J connectivity index is 2.04. The molecular weight excluding hydrogens is 425 g/mol. The van der Waals surface area contributed by atoms with Crippen LogP contribution in [0, 0.1) is 12.7 Å². The van der Waals surface area contributed by atoms with Crippen molar-refractivity contribution in [2.45, 2.75) is 17.2 Å². The van der Waals surface area contributed by atoms with Gasteiger partial charge in [0.1, 0.15) is 21.9 Å². The quantitative estimate of drug-likeness (QED) is 0.656. The molecule has 10 heteroatoms. The van der Waals surface area contributed by atoms with Gasteiger partial charge in [-0.25, -0.2) is 4.39 Å². The number of primary amides is 1. The molecule has 0 saturated carbocycles. The molecule has 1 aromatic heterocycles. The van der Waals surface area contributed by atoms with Crippen LogP contribution < -0.4 is 16.4 Å². The molecule has 158 valence electrons. The first-order chi connectivity index (χ1) is 14.2. The van der Waals surface area contributed by atoms with E-state index in [1.807, 2.05) is 6.07 Å². The van der Waals surface area contributed by atoms with Gasteiger partial charge in [0.05, 0.1) is 11.4 Å². The number of benzene rings is 1. The fourth-order valence-corrected chi connectivity index (χ4v) is 5.08. The number of anilines is 1. The molecule has 0 bridgehead atoms. The molecule has 0 aliphatic carbocycles.